The Balaban J connectivity index is 1.35. The Hall–Kier alpha value is -3.99. The van der Waals surface area contributed by atoms with E-state index in [0.717, 1.165) is 44.1 Å². The van der Waals surface area contributed by atoms with Crippen molar-refractivity contribution in [2.24, 2.45) is 0 Å². The lowest BCUT2D eigenvalue weighted by atomic mass is 9.82. The number of ether oxygens (including phenoxy) is 1. The van der Waals surface area contributed by atoms with E-state index in [-0.39, 0.29) is 36.6 Å². The quantitative estimate of drug-likeness (QED) is 0.480. The number of nitrogens with one attached hydrogen (secondary N) is 1. The number of amides is 3. The van der Waals surface area contributed by atoms with Gasteiger partial charge in [0.05, 0.1) is 30.5 Å². The molecule has 39 heavy (non-hydrogen) atoms. The average molecular weight is 536 g/mol. The predicted molar refractivity (Wildman–Crippen MR) is 140 cm³/mol. The maximum atomic E-state index is 14.9. The van der Waals surface area contributed by atoms with Crippen molar-refractivity contribution in [1.82, 2.24) is 20.1 Å². The van der Waals surface area contributed by atoms with E-state index in [1.165, 1.54) is 18.1 Å². The number of hydrogen-bond donors (Lipinski definition) is 1. The Morgan fingerprint density at radius 3 is 2.59 bits per heavy atom. The van der Waals surface area contributed by atoms with Gasteiger partial charge in [-0.1, -0.05) is 13.0 Å². The summed E-state index contributed by atoms with van der Waals surface area (Å²) in [6.07, 6.45) is -0.192. The van der Waals surface area contributed by atoms with Crippen LogP contribution in [0.3, 0.4) is 0 Å². The Morgan fingerprint density at radius 1 is 1.15 bits per heavy atom. The smallest absolute Gasteiger partial charge is 0.257 e. The Kier molecular flexibility index (Phi) is 6.05. The molecule has 2 fully saturated rings. The number of fused-ring (bicyclic) bond motifs is 2. The van der Waals surface area contributed by atoms with Crippen LogP contribution in [0.15, 0.2) is 28.7 Å². The molecule has 3 aliphatic heterocycles. The van der Waals surface area contributed by atoms with Gasteiger partial charge in [0.2, 0.25) is 11.8 Å². The zero-order chi connectivity index (χ0) is 27.5. The van der Waals surface area contributed by atoms with Crippen molar-refractivity contribution in [3.8, 4) is 5.75 Å². The molecule has 0 aliphatic carbocycles. The van der Waals surface area contributed by atoms with Gasteiger partial charge >= 0.3 is 0 Å². The summed E-state index contributed by atoms with van der Waals surface area (Å²) in [6, 6.07) is 6.72. The monoisotopic (exact) mass is 535 g/mol. The molecule has 11 heteroatoms. The molecule has 5 heterocycles. The second-order valence-corrected chi connectivity index (χ2v) is 10.4. The number of imide groups is 1. The standard InChI is InChI=1S/C28H30FN5O5/c1-4-32-7-9-33(10-8-32)19-12-21-18(30-16(19)2)11-22(39-21)28(13-23(35)31-27(28)37)15-34-14-17-5-6-20(38-3)25(29)24(17)26(34)36/h5-6,11-12H,4,7-10,13-15H2,1-3H3,(H,31,35,37)/t28-/m1/s1. The Labute approximate surface area is 224 Å². The minimum Gasteiger partial charge on any atom is -0.494 e. The summed E-state index contributed by atoms with van der Waals surface area (Å²) in [5.74, 6) is -2.09. The van der Waals surface area contributed by atoms with Gasteiger partial charge in [-0.25, -0.2) is 9.37 Å². The van der Waals surface area contributed by atoms with Crippen LogP contribution in [0.4, 0.5) is 10.1 Å². The molecule has 3 aliphatic rings. The van der Waals surface area contributed by atoms with Crippen LogP contribution in [0.25, 0.3) is 11.1 Å². The maximum Gasteiger partial charge on any atom is 0.257 e. The van der Waals surface area contributed by atoms with Crippen molar-refractivity contribution in [2.45, 2.75) is 32.2 Å². The third-order valence-electron chi connectivity index (χ3n) is 8.18. The van der Waals surface area contributed by atoms with Crippen LogP contribution in [0.5, 0.6) is 5.75 Å². The molecule has 6 rings (SSSR count). The molecule has 204 valence electrons. The third-order valence-corrected chi connectivity index (χ3v) is 8.18. The minimum absolute atomic E-state index is 0.0295. The molecule has 10 nitrogen and oxygen atoms in total. The number of nitrogens with zero attached hydrogens (tertiary/aromatic N) is 4. The highest BCUT2D eigenvalue weighted by Crippen LogP contribution is 2.40. The first kappa shape index (κ1) is 25.3. The molecule has 2 aromatic heterocycles. The van der Waals surface area contributed by atoms with E-state index in [4.69, 9.17) is 14.1 Å². The Bertz CT molecular complexity index is 1510. The summed E-state index contributed by atoms with van der Waals surface area (Å²) in [6.45, 7) is 8.72. The lowest BCUT2D eigenvalue weighted by Gasteiger charge is -2.35. The maximum absolute atomic E-state index is 14.9. The first-order chi connectivity index (χ1) is 18.7. The first-order valence-electron chi connectivity index (χ1n) is 13.1. The molecule has 0 unspecified atom stereocenters. The van der Waals surface area contributed by atoms with Crippen molar-refractivity contribution in [2.75, 3.05) is 51.3 Å². The molecule has 0 saturated carbocycles. The van der Waals surface area contributed by atoms with Crippen molar-refractivity contribution < 1.29 is 27.9 Å². The number of furan rings is 1. The average Bonchev–Trinajstić information content (AvgIpc) is 3.57. The van der Waals surface area contributed by atoms with E-state index in [2.05, 4.69) is 22.0 Å². The van der Waals surface area contributed by atoms with Crippen LogP contribution in [-0.4, -0.2) is 78.9 Å². The molecule has 0 radical (unpaired) electrons. The number of pyridine rings is 1. The number of aromatic nitrogens is 1. The molecule has 3 amide bonds. The summed E-state index contributed by atoms with van der Waals surface area (Å²) in [7, 11) is 1.33. The Morgan fingerprint density at radius 2 is 1.92 bits per heavy atom. The van der Waals surface area contributed by atoms with E-state index in [1.807, 2.05) is 13.0 Å². The van der Waals surface area contributed by atoms with E-state index in [9.17, 15) is 18.8 Å². The van der Waals surface area contributed by atoms with Gasteiger partial charge in [0.1, 0.15) is 16.7 Å². The molecule has 3 aromatic rings. The lowest BCUT2D eigenvalue weighted by molar-refractivity contribution is -0.127. The van der Waals surface area contributed by atoms with Crippen molar-refractivity contribution >= 4 is 34.5 Å². The van der Waals surface area contributed by atoms with Crippen molar-refractivity contribution in [3.63, 3.8) is 0 Å². The van der Waals surface area contributed by atoms with Gasteiger partial charge in [-0.3, -0.25) is 19.7 Å². The van der Waals surface area contributed by atoms with Gasteiger partial charge in [-0.15, -0.1) is 0 Å². The molecule has 0 spiro atoms. The van der Waals surface area contributed by atoms with Crippen LogP contribution >= 0.6 is 0 Å². The van der Waals surface area contributed by atoms with E-state index in [0.29, 0.717) is 16.7 Å². The lowest BCUT2D eigenvalue weighted by Crippen LogP contribution is -2.46. The van der Waals surface area contributed by atoms with Gasteiger partial charge in [-0.2, -0.15) is 0 Å². The normalized spacial score (nSPS) is 21.7. The second kappa shape index (κ2) is 9.33. The van der Waals surface area contributed by atoms with Crippen LogP contribution in [0, 0.1) is 12.7 Å². The number of anilines is 1. The van der Waals surface area contributed by atoms with E-state index < -0.39 is 29.0 Å². The van der Waals surface area contributed by atoms with Gasteiger partial charge in [-0.05, 0) is 25.1 Å². The van der Waals surface area contributed by atoms with E-state index in [1.54, 1.807) is 12.1 Å². The fourth-order valence-electron chi connectivity index (χ4n) is 5.97. The number of carbonyl (C=O) groups is 3. The van der Waals surface area contributed by atoms with Gasteiger partial charge < -0.3 is 23.9 Å². The number of rotatable bonds is 6. The highest BCUT2D eigenvalue weighted by Gasteiger charge is 2.53. The molecule has 1 N–H and O–H groups in total. The van der Waals surface area contributed by atoms with Crippen molar-refractivity contribution in [3.05, 3.63) is 52.7 Å². The van der Waals surface area contributed by atoms with Gasteiger partial charge in [0.25, 0.3) is 5.91 Å². The number of carbonyl (C=O) groups excluding carboxylic acids is 3. The number of halogens is 1. The molecule has 1 aromatic carbocycles. The molecular formula is C28H30FN5O5. The fraction of sp³-hybridized carbons (Fsp3) is 0.429. The highest BCUT2D eigenvalue weighted by atomic mass is 19.1. The molecule has 2 saturated heterocycles. The number of benzene rings is 1. The third kappa shape index (κ3) is 4.03. The van der Waals surface area contributed by atoms with Crippen LogP contribution in [0.1, 0.15) is 40.7 Å². The number of methoxy groups -OCH3 is 1. The summed E-state index contributed by atoms with van der Waals surface area (Å²) in [5, 5.41) is 2.37. The number of piperazine rings is 1. The predicted octanol–water partition coefficient (Wildman–Crippen LogP) is 2.37. The molecule has 0 bridgehead atoms. The molecular weight excluding hydrogens is 505 g/mol. The fourth-order valence-corrected chi connectivity index (χ4v) is 5.97. The van der Waals surface area contributed by atoms with Crippen LogP contribution in [0.2, 0.25) is 0 Å². The minimum atomic E-state index is -1.46. The molecule has 1 atom stereocenters. The summed E-state index contributed by atoms with van der Waals surface area (Å²) >= 11 is 0. The SMILES string of the molecule is CCN1CCN(c2cc3oc([C@]4(CN5Cc6ccc(OC)c(F)c6C5=O)CC(=O)NC4=O)cc3nc2C)CC1. The second-order valence-electron chi connectivity index (χ2n) is 10.4. The zero-order valence-corrected chi connectivity index (χ0v) is 22.2. The number of likely N-dealkylation sites (N-methyl/N-ethyl adjacent to an activating group) is 1. The summed E-state index contributed by atoms with van der Waals surface area (Å²) in [4.78, 5) is 49.8. The topological polar surface area (TPSA) is 108 Å². The van der Waals surface area contributed by atoms with Gasteiger partial charge in [0, 0.05) is 51.4 Å². The van der Waals surface area contributed by atoms with Crippen LogP contribution < -0.4 is 15.0 Å². The van der Waals surface area contributed by atoms with Crippen LogP contribution in [-0.2, 0) is 21.5 Å². The number of aryl methyl sites for hydroxylation is 1. The largest absolute Gasteiger partial charge is 0.494 e. The summed E-state index contributed by atoms with van der Waals surface area (Å²) < 4.78 is 26.2. The van der Waals surface area contributed by atoms with Crippen molar-refractivity contribution in [1.29, 1.82) is 0 Å². The zero-order valence-electron chi connectivity index (χ0n) is 22.2. The van der Waals surface area contributed by atoms with Gasteiger partial charge in [0.15, 0.2) is 17.1 Å². The first-order valence-corrected chi connectivity index (χ1v) is 13.1. The van der Waals surface area contributed by atoms with E-state index >= 15 is 0 Å². The summed E-state index contributed by atoms with van der Waals surface area (Å²) in [5.41, 5.74) is 1.83. The highest BCUT2D eigenvalue weighted by molar-refractivity contribution is 6.10. The number of hydrogen-bond acceptors (Lipinski definition) is 8.